The number of carbonyl (C=O) groups excluding carboxylic acids is 2. The van der Waals surface area contributed by atoms with Gasteiger partial charge >= 0.3 is 10.1 Å². The first-order valence-corrected chi connectivity index (χ1v) is 11.2. The molecule has 150 valence electrons. The molecule has 0 spiro atoms. The molecular formula is C22H21NO5S. The summed E-state index contributed by atoms with van der Waals surface area (Å²) in [5.41, 5.74) is 1.42. The van der Waals surface area contributed by atoms with Crippen LogP contribution in [0.2, 0.25) is 0 Å². The third-order valence-electron chi connectivity index (χ3n) is 6.54. The minimum Gasteiger partial charge on any atom is -0.379 e. The van der Waals surface area contributed by atoms with Crippen molar-refractivity contribution in [2.45, 2.75) is 31.1 Å². The molecule has 6 nitrogen and oxygen atoms in total. The molecular weight excluding hydrogens is 390 g/mol. The first-order valence-electron chi connectivity index (χ1n) is 9.84. The second-order valence-corrected chi connectivity index (χ2v) is 9.79. The van der Waals surface area contributed by atoms with Gasteiger partial charge in [0.2, 0.25) is 11.8 Å². The number of hydrogen-bond acceptors (Lipinski definition) is 5. The van der Waals surface area contributed by atoms with Gasteiger partial charge in [-0.2, -0.15) is 8.42 Å². The van der Waals surface area contributed by atoms with E-state index in [-0.39, 0.29) is 34.3 Å². The van der Waals surface area contributed by atoms with Gasteiger partial charge in [0.25, 0.3) is 0 Å². The highest BCUT2D eigenvalue weighted by molar-refractivity contribution is 7.87. The fourth-order valence-corrected chi connectivity index (χ4v) is 6.12. The van der Waals surface area contributed by atoms with E-state index in [1.807, 2.05) is 6.92 Å². The maximum atomic E-state index is 12.9. The minimum atomic E-state index is -3.95. The largest absolute Gasteiger partial charge is 0.379 e. The molecule has 3 aliphatic rings. The fourth-order valence-electron chi connectivity index (χ4n) is 5.19. The molecule has 3 fully saturated rings. The number of imide groups is 1. The summed E-state index contributed by atoms with van der Waals surface area (Å²) in [6.07, 6.45) is 3.05. The van der Waals surface area contributed by atoms with Crippen molar-refractivity contribution in [3.8, 4) is 5.75 Å². The summed E-state index contributed by atoms with van der Waals surface area (Å²) in [4.78, 5) is 27.1. The Bertz CT molecular complexity index is 1060. The van der Waals surface area contributed by atoms with E-state index >= 15 is 0 Å². The number of amides is 2. The third kappa shape index (κ3) is 2.87. The fraction of sp³-hybridized carbons (Fsp3) is 0.364. The Kier molecular flexibility index (Phi) is 4.07. The molecule has 2 amide bonds. The molecule has 29 heavy (non-hydrogen) atoms. The van der Waals surface area contributed by atoms with Crippen LogP contribution in [-0.2, 0) is 19.7 Å². The Morgan fingerprint density at radius 3 is 1.97 bits per heavy atom. The van der Waals surface area contributed by atoms with Crippen molar-refractivity contribution in [2.75, 3.05) is 4.90 Å². The highest BCUT2D eigenvalue weighted by Crippen LogP contribution is 2.56. The van der Waals surface area contributed by atoms with E-state index in [0.717, 1.165) is 24.8 Å². The van der Waals surface area contributed by atoms with E-state index in [0.29, 0.717) is 17.5 Å². The van der Waals surface area contributed by atoms with Crippen molar-refractivity contribution >= 4 is 27.6 Å². The van der Waals surface area contributed by atoms with Crippen molar-refractivity contribution < 1.29 is 22.2 Å². The van der Waals surface area contributed by atoms with E-state index in [9.17, 15) is 18.0 Å². The Labute approximate surface area is 169 Å². The van der Waals surface area contributed by atoms with Gasteiger partial charge in [-0.3, -0.25) is 14.5 Å². The quantitative estimate of drug-likeness (QED) is 0.570. The minimum absolute atomic E-state index is 0.0698. The average Bonchev–Trinajstić information content (AvgIpc) is 3.37. The Morgan fingerprint density at radius 2 is 1.41 bits per heavy atom. The molecule has 7 heteroatoms. The second-order valence-electron chi connectivity index (χ2n) is 8.24. The zero-order chi connectivity index (χ0) is 20.3. The van der Waals surface area contributed by atoms with Gasteiger partial charge in [0.15, 0.2) is 0 Å². The van der Waals surface area contributed by atoms with E-state index in [1.165, 1.54) is 29.2 Å². The highest BCUT2D eigenvalue weighted by atomic mass is 32.2. The second kappa shape index (κ2) is 6.42. The molecule has 5 rings (SSSR count). The van der Waals surface area contributed by atoms with Crippen molar-refractivity contribution in [1.82, 2.24) is 0 Å². The van der Waals surface area contributed by atoms with Gasteiger partial charge < -0.3 is 4.18 Å². The van der Waals surface area contributed by atoms with Gasteiger partial charge in [-0.15, -0.1) is 0 Å². The lowest BCUT2D eigenvalue weighted by Crippen LogP contribution is -2.32. The third-order valence-corrected chi connectivity index (χ3v) is 7.80. The summed E-state index contributed by atoms with van der Waals surface area (Å²) in [5, 5.41) is 0. The molecule has 2 saturated carbocycles. The summed E-state index contributed by atoms with van der Waals surface area (Å²) >= 11 is 0. The van der Waals surface area contributed by atoms with Crippen LogP contribution >= 0.6 is 0 Å². The van der Waals surface area contributed by atoms with Crippen LogP contribution in [0.15, 0.2) is 53.4 Å². The van der Waals surface area contributed by atoms with E-state index in [4.69, 9.17) is 4.18 Å². The van der Waals surface area contributed by atoms with Crippen LogP contribution in [0.5, 0.6) is 5.75 Å². The van der Waals surface area contributed by atoms with Gasteiger partial charge in [0.05, 0.1) is 17.5 Å². The molecule has 2 aliphatic carbocycles. The van der Waals surface area contributed by atoms with Gasteiger partial charge in [-0.05, 0) is 74.4 Å². The van der Waals surface area contributed by atoms with Crippen molar-refractivity contribution in [2.24, 2.45) is 23.7 Å². The van der Waals surface area contributed by atoms with Crippen LogP contribution in [0.3, 0.4) is 0 Å². The zero-order valence-corrected chi connectivity index (χ0v) is 16.8. The number of hydrogen-bond donors (Lipinski definition) is 0. The van der Waals surface area contributed by atoms with Crippen LogP contribution in [-0.4, -0.2) is 20.2 Å². The number of aryl methyl sites for hydroxylation is 1. The van der Waals surface area contributed by atoms with Crippen molar-refractivity contribution in [3.63, 3.8) is 0 Å². The van der Waals surface area contributed by atoms with Crippen LogP contribution < -0.4 is 9.08 Å². The SMILES string of the molecule is Cc1ccc(S(=O)(=O)Oc2ccc(N3C(=O)[C@@H]4[C@H]5CC[C@@H](C5)[C@H]4C3=O)cc2)cc1. The summed E-state index contributed by atoms with van der Waals surface area (Å²) in [5.74, 6) is 0.190. The molecule has 1 aliphatic heterocycles. The Morgan fingerprint density at radius 1 is 0.862 bits per heavy atom. The summed E-state index contributed by atoms with van der Waals surface area (Å²) < 4.78 is 30.1. The van der Waals surface area contributed by atoms with E-state index in [1.54, 1.807) is 24.3 Å². The molecule has 0 aromatic heterocycles. The highest BCUT2D eigenvalue weighted by Gasteiger charge is 2.61. The van der Waals surface area contributed by atoms with Crippen LogP contribution in [0.25, 0.3) is 0 Å². The maximum absolute atomic E-state index is 12.9. The zero-order valence-electron chi connectivity index (χ0n) is 15.9. The maximum Gasteiger partial charge on any atom is 0.339 e. The van der Waals surface area contributed by atoms with Crippen molar-refractivity contribution in [3.05, 3.63) is 54.1 Å². The summed E-state index contributed by atoms with van der Waals surface area (Å²) in [7, 11) is -3.95. The summed E-state index contributed by atoms with van der Waals surface area (Å²) in [6, 6.07) is 12.5. The summed E-state index contributed by atoms with van der Waals surface area (Å²) in [6.45, 7) is 1.87. The van der Waals surface area contributed by atoms with Gasteiger partial charge in [0.1, 0.15) is 10.6 Å². The first kappa shape index (κ1) is 18.4. The van der Waals surface area contributed by atoms with Gasteiger partial charge in [-0.25, -0.2) is 0 Å². The Balaban J connectivity index is 1.36. The smallest absolute Gasteiger partial charge is 0.339 e. The van der Waals surface area contributed by atoms with Gasteiger partial charge in [-0.1, -0.05) is 17.7 Å². The standard InChI is InChI=1S/C22H21NO5S/c1-13-2-10-18(11-3-13)29(26,27)28-17-8-6-16(7-9-17)23-21(24)19-14-4-5-15(12-14)20(19)22(23)25/h2-3,6-11,14-15,19-20H,4-5,12H2,1H3/t14-,15-,19+,20+/m0/s1. The molecule has 4 atom stereocenters. The molecule has 0 radical (unpaired) electrons. The molecule has 0 N–H and O–H groups in total. The molecule has 0 unspecified atom stereocenters. The number of anilines is 1. The molecule has 1 saturated heterocycles. The molecule has 1 heterocycles. The topological polar surface area (TPSA) is 80.8 Å². The molecule has 2 aromatic carbocycles. The van der Waals surface area contributed by atoms with E-state index < -0.39 is 10.1 Å². The number of carbonyl (C=O) groups is 2. The molecule has 2 aromatic rings. The number of fused-ring (bicyclic) bond motifs is 5. The van der Waals surface area contributed by atoms with Crippen LogP contribution in [0.4, 0.5) is 5.69 Å². The lowest BCUT2D eigenvalue weighted by Gasteiger charge is -2.19. The lowest BCUT2D eigenvalue weighted by atomic mass is 9.81. The number of rotatable bonds is 4. The molecule has 2 bridgehead atoms. The first-order chi connectivity index (χ1) is 13.8. The monoisotopic (exact) mass is 411 g/mol. The Hall–Kier alpha value is -2.67. The number of nitrogens with zero attached hydrogens (tertiary/aromatic N) is 1. The van der Waals surface area contributed by atoms with Gasteiger partial charge in [0, 0.05) is 0 Å². The predicted octanol–water partition coefficient (Wildman–Crippen LogP) is 3.30. The van der Waals surface area contributed by atoms with E-state index in [2.05, 4.69) is 0 Å². The lowest BCUT2D eigenvalue weighted by molar-refractivity contribution is -0.123. The van der Waals surface area contributed by atoms with Crippen molar-refractivity contribution in [1.29, 1.82) is 0 Å². The average molecular weight is 411 g/mol. The number of benzene rings is 2. The normalized spacial score (nSPS) is 28.1. The van der Waals surface area contributed by atoms with Crippen LogP contribution in [0.1, 0.15) is 24.8 Å². The predicted molar refractivity (Wildman–Crippen MR) is 106 cm³/mol. The van der Waals surface area contributed by atoms with Crippen LogP contribution in [0, 0.1) is 30.6 Å².